The average Bonchev–Trinajstić information content (AvgIpc) is 2.46. The second-order valence-corrected chi connectivity index (χ2v) is 4.18. The van der Waals surface area contributed by atoms with Crippen LogP contribution in [0.25, 0.3) is 20.9 Å². The van der Waals surface area contributed by atoms with E-state index in [2.05, 4.69) is 25.2 Å². The van der Waals surface area contributed by atoms with Crippen LogP contribution in [-0.2, 0) is 4.79 Å². The first-order chi connectivity index (χ1) is 9.72. The highest BCUT2D eigenvalue weighted by Crippen LogP contribution is 2.29. The minimum Gasteiger partial charge on any atom is -0.294 e. The lowest BCUT2D eigenvalue weighted by molar-refractivity contribution is -0.114. The van der Waals surface area contributed by atoms with Crippen molar-refractivity contribution in [2.75, 3.05) is 19.6 Å². The lowest BCUT2D eigenvalue weighted by Gasteiger charge is -2.22. The molecule has 9 nitrogen and oxygen atoms in total. The number of carbonyl (C=O) groups excluding carboxylic acids is 1. The molecule has 0 aromatic carbocycles. The molecule has 9 heteroatoms. The third-order valence-electron chi connectivity index (χ3n) is 3.01. The summed E-state index contributed by atoms with van der Waals surface area (Å²) in [5, 5.41) is 9.55. The minimum absolute atomic E-state index is 0.0508. The molecule has 1 atom stereocenters. The van der Waals surface area contributed by atoms with Crippen LogP contribution in [0.4, 0.5) is 0 Å². The number of allylic oxidation sites excluding steroid dienone is 2. The van der Waals surface area contributed by atoms with Crippen LogP contribution < -0.4 is 0 Å². The Kier molecular flexibility index (Phi) is 6.53. The van der Waals surface area contributed by atoms with E-state index in [-0.39, 0.29) is 31.3 Å². The number of azide groups is 2. The summed E-state index contributed by atoms with van der Waals surface area (Å²) in [7, 11) is 0. The normalized spacial score (nSPS) is 17.1. The van der Waals surface area contributed by atoms with Gasteiger partial charge in [-0.2, -0.15) is 4.91 Å². The maximum absolute atomic E-state index is 11.8. The van der Waals surface area contributed by atoms with Crippen molar-refractivity contribution < 1.29 is 4.79 Å². The molecule has 1 aliphatic rings. The molecule has 1 unspecified atom stereocenters. The van der Waals surface area contributed by atoms with Crippen LogP contribution in [0.2, 0.25) is 0 Å². The molecule has 0 saturated heterocycles. The molecular formula is C11H13N7O2. The highest BCUT2D eigenvalue weighted by Gasteiger charge is 2.22. The van der Waals surface area contributed by atoms with Gasteiger partial charge in [0, 0.05) is 16.4 Å². The first-order valence-corrected chi connectivity index (χ1v) is 5.96. The summed E-state index contributed by atoms with van der Waals surface area (Å²) in [5.41, 5.74) is 17.8. The van der Waals surface area contributed by atoms with E-state index in [4.69, 9.17) is 11.1 Å². The first kappa shape index (κ1) is 15.4. The molecule has 0 spiro atoms. The smallest absolute Gasteiger partial charge is 0.164 e. The standard InChI is InChI=1S/C11H13N7O2/c12-17-14-4-3-8-5-9(11(19)7-15-18-13)1-2-10(8)6-16-20/h1-2,8H,3-7H2. The number of hydrogen-bond donors (Lipinski definition) is 0. The molecule has 1 aliphatic carbocycles. The van der Waals surface area contributed by atoms with Gasteiger partial charge in [-0.3, -0.25) is 4.79 Å². The Hall–Kier alpha value is -2.63. The van der Waals surface area contributed by atoms with E-state index in [1.165, 1.54) is 0 Å². The van der Waals surface area contributed by atoms with Gasteiger partial charge in [0.2, 0.25) is 0 Å². The number of carbonyl (C=O) groups is 1. The Morgan fingerprint density at radius 2 is 2.05 bits per heavy atom. The van der Waals surface area contributed by atoms with Gasteiger partial charge in [-0.05, 0) is 41.0 Å². The van der Waals surface area contributed by atoms with E-state index in [1.54, 1.807) is 12.2 Å². The lowest BCUT2D eigenvalue weighted by Crippen LogP contribution is -2.17. The average molecular weight is 275 g/mol. The Morgan fingerprint density at radius 3 is 2.70 bits per heavy atom. The molecule has 104 valence electrons. The molecule has 20 heavy (non-hydrogen) atoms. The quantitative estimate of drug-likeness (QED) is 0.290. The van der Waals surface area contributed by atoms with E-state index in [0.717, 1.165) is 5.57 Å². The number of rotatable bonds is 8. The fraction of sp³-hybridized carbons (Fsp3) is 0.545. The van der Waals surface area contributed by atoms with Crippen molar-refractivity contribution in [3.8, 4) is 0 Å². The van der Waals surface area contributed by atoms with E-state index in [1.807, 2.05) is 0 Å². The SMILES string of the molecule is [N-]=[N+]=NCCC1CC(C(=O)CN=[N+]=[N-])=CC=C1CN=O. The zero-order chi connectivity index (χ0) is 14.8. The van der Waals surface area contributed by atoms with Crippen LogP contribution in [-0.4, -0.2) is 25.4 Å². The van der Waals surface area contributed by atoms with Crippen molar-refractivity contribution in [2.24, 2.45) is 21.3 Å². The van der Waals surface area contributed by atoms with Crippen LogP contribution >= 0.6 is 0 Å². The summed E-state index contributed by atoms with van der Waals surface area (Å²) in [6, 6.07) is 0. The number of nitrogens with zero attached hydrogens (tertiary/aromatic N) is 7. The molecule has 0 aromatic rings. The Balaban J connectivity index is 2.80. The van der Waals surface area contributed by atoms with Crippen molar-refractivity contribution in [3.05, 3.63) is 49.1 Å². The van der Waals surface area contributed by atoms with Gasteiger partial charge in [0.1, 0.15) is 6.54 Å². The van der Waals surface area contributed by atoms with Crippen molar-refractivity contribution in [1.29, 1.82) is 0 Å². The van der Waals surface area contributed by atoms with Gasteiger partial charge in [-0.25, -0.2) is 0 Å². The zero-order valence-electron chi connectivity index (χ0n) is 10.7. The van der Waals surface area contributed by atoms with E-state index < -0.39 is 0 Å². The predicted molar refractivity (Wildman–Crippen MR) is 72.6 cm³/mol. The largest absolute Gasteiger partial charge is 0.294 e. The van der Waals surface area contributed by atoms with Crippen molar-refractivity contribution in [3.63, 3.8) is 0 Å². The molecule has 0 aromatic heterocycles. The van der Waals surface area contributed by atoms with Crippen LogP contribution in [0.5, 0.6) is 0 Å². The number of Topliss-reactive ketones (excluding diaryl/α,β-unsaturated/α-hetero) is 1. The molecule has 0 saturated carbocycles. The molecule has 0 aliphatic heterocycles. The molecule has 0 radical (unpaired) electrons. The van der Waals surface area contributed by atoms with Gasteiger partial charge >= 0.3 is 0 Å². The van der Waals surface area contributed by atoms with E-state index in [0.29, 0.717) is 18.4 Å². The van der Waals surface area contributed by atoms with Crippen LogP contribution in [0.3, 0.4) is 0 Å². The maximum atomic E-state index is 11.8. The van der Waals surface area contributed by atoms with Gasteiger partial charge in [0.05, 0.1) is 6.54 Å². The van der Waals surface area contributed by atoms with Gasteiger partial charge in [-0.1, -0.05) is 27.6 Å². The summed E-state index contributed by atoms with van der Waals surface area (Å²) >= 11 is 0. The summed E-state index contributed by atoms with van der Waals surface area (Å²) in [6.07, 6.45) is 4.29. The molecule has 0 amide bonds. The summed E-state index contributed by atoms with van der Waals surface area (Å²) < 4.78 is 0. The highest BCUT2D eigenvalue weighted by molar-refractivity contribution is 5.97. The summed E-state index contributed by atoms with van der Waals surface area (Å²) in [6.45, 7) is 0.116. The first-order valence-electron chi connectivity index (χ1n) is 5.96. The molecule has 1 rings (SSSR count). The van der Waals surface area contributed by atoms with Gasteiger partial charge in [0.25, 0.3) is 0 Å². The zero-order valence-corrected chi connectivity index (χ0v) is 10.7. The van der Waals surface area contributed by atoms with Crippen LogP contribution in [0, 0.1) is 10.8 Å². The second kappa shape index (κ2) is 8.47. The van der Waals surface area contributed by atoms with E-state index >= 15 is 0 Å². The van der Waals surface area contributed by atoms with Gasteiger partial charge < -0.3 is 0 Å². The van der Waals surface area contributed by atoms with Crippen molar-refractivity contribution in [2.45, 2.75) is 12.8 Å². The lowest BCUT2D eigenvalue weighted by atomic mass is 9.83. The minimum atomic E-state index is -0.244. The van der Waals surface area contributed by atoms with Crippen LogP contribution in [0.15, 0.2) is 38.7 Å². The van der Waals surface area contributed by atoms with Gasteiger partial charge in [0.15, 0.2) is 5.78 Å². The fourth-order valence-corrected chi connectivity index (χ4v) is 2.01. The molecule has 0 N–H and O–H groups in total. The van der Waals surface area contributed by atoms with Gasteiger partial charge in [-0.15, -0.1) is 0 Å². The molecular weight excluding hydrogens is 262 g/mol. The maximum Gasteiger partial charge on any atom is 0.164 e. The third-order valence-corrected chi connectivity index (χ3v) is 3.01. The fourth-order valence-electron chi connectivity index (χ4n) is 2.01. The Morgan fingerprint density at radius 1 is 1.30 bits per heavy atom. The number of ketones is 1. The second-order valence-electron chi connectivity index (χ2n) is 4.18. The summed E-state index contributed by atoms with van der Waals surface area (Å²) in [5.74, 6) is -0.306. The molecule has 0 fully saturated rings. The predicted octanol–water partition coefficient (Wildman–Crippen LogP) is 3.21. The highest BCUT2D eigenvalue weighted by atomic mass is 16.3. The Labute approximate surface area is 114 Å². The summed E-state index contributed by atoms with van der Waals surface area (Å²) in [4.78, 5) is 27.4. The third kappa shape index (κ3) is 4.56. The molecule has 0 heterocycles. The van der Waals surface area contributed by atoms with Crippen molar-refractivity contribution in [1.82, 2.24) is 0 Å². The van der Waals surface area contributed by atoms with E-state index in [9.17, 15) is 9.70 Å². The number of nitroso groups, excluding NO2 is 1. The van der Waals surface area contributed by atoms with Crippen molar-refractivity contribution >= 4 is 5.78 Å². The monoisotopic (exact) mass is 275 g/mol. The van der Waals surface area contributed by atoms with Crippen LogP contribution in [0.1, 0.15) is 12.8 Å². The topological polar surface area (TPSA) is 144 Å². The number of hydrogen-bond acceptors (Lipinski definition) is 5. The Bertz CT molecular complexity index is 539. The molecule has 0 bridgehead atoms.